The first-order valence-electron chi connectivity index (χ1n) is 8.58. The summed E-state index contributed by atoms with van der Waals surface area (Å²) in [6.07, 6.45) is -0.172. The molecule has 30 heavy (non-hydrogen) atoms. The Morgan fingerprint density at radius 2 is 1.83 bits per heavy atom. The zero-order valence-corrected chi connectivity index (χ0v) is 17.8. The molecule has 1 amide bonds. The molecule has 7 nitrogen and oxygen atoms in total. The summed E-state index contributed by atoms with van der Waals surface area (Å²) in [5.41, 5.74) is 1.14. The van der Waals surface area contributed by atoms with E-state index in [1.807, 2.05) is 30.3 Å². The van der Waals surface area contributed by atoms with E-state index in [2.05, 4.69) is 20.2 Å². The van der Waals surface area contributed by atoms with Crippen LogP contribution in [0, 0.1) is 11.6 Å². The number of hydrogen-bond acceptors (Lipinski definition) is 7. The van der Waals surface area contributed by atoms with E-state index < -0.39 is 32.5 Å². The van der Waals surface area contributed by atoms with Gasteiger partial charge in [0.2, 0.25) is 21.1 Å². The van der Waals surface area contributed by atoms with Gasteiger partial charge in [0, 0.05) is 18.7 Å². The van der Waals surface area contributed by atoms with Gasteiger partial charge in [-0.3, -0.25) is 4.79 Å². The number of halogens is 2. The summed E-state index contributed by atoms with van der Waals surface area (Å²) in [6.45, 7) is -0.221. The number of sulfonamides is 1. The van der Waals surface area contributed by atoms with Crippen LogP contribution in [-0.2, 0) is 20.6 Å². The average Bonchev–Trinajstić information content (AvgIpc) is 3.16. The molecule has 0 bridgehead atoms. The molecule has 0 aliphatic carbocycles. The highest BCUT2D eigenvalue weighted by atomic mass is 32.2. The molecule has 0 atom stereocenters. The molecule has 0 unspecified atom stereocenters. The summed E-state index contributed by atoms with van der Waals surface area (Å²) in [5, 5.41) is 10.7. The Bertz CT molecular complexity index is 1120. The predicted octanol–water partition coefficient (Wildman–Crippen LogP) is 3.42. The van der Waals surface area contributed by atoms with Crippen LogP contribution >= 0.6 is 23.1 Å². The minimum Gasteiger partial charge on any atom is -0.300 e. The van der Waals surface area contributed by atoms with E-state index in [0.29, 0.717) is 15.5 Å². The standard InChI is InChI=1S/C18H16F2N4O3S3/c19-14-7-6-13(10-15(14)20)30(26,27)21-9-8-16(25)22-17-23-24-18(29-17)28-11-12-4-2-1-3-5-12/h1-7,10,21H,8-9,11H2,(H,22,23,25). The number of thioether (sulfide) groups is 1. The van der Waals surface area contributed by atoms with Crippen molar-refractivity contribution in [2.75, 3.05) is 11.9 Å². The highest BCUT2D eigenvalue weighted by molar-refractivity contribution is 8.00. The van der Waals surface area contributed by atoms with E-state index in [9.17, 15) is 22.0 Å². The van der Waals surface area contributed by atoms with Crippen LogP contribution in [0.1, 0.15) is 12.0 Å². The lowest BCUT2D eigenvalue weighted by molar-refractivity contribution is -0.116. The van der Waals surface area contributed by atoms with Gasteiger partial charge in [-0.2, -0.15) is 0 Å². The van der Waals surface area contributed by atoms with Crippen LogP contribution in [0.4, 0.5) is 13.9 Å². The van der Waals surface area contributed by atoms with Crippen molar-refractivity contribution in [3.05, 3.63) is 65.7 Å². The Morgan fingerprint density at radius 1 is 1.07 bits per heavy atom. The smallest absolute Gasteiger partial charge is 0.240 e. The van der Waals surface area contributed by atoms with Crippen molar-refractivity contribution in [3.8, 4) is 0 Å². The lowest BCUT2D eigenvalue weighted by Gasteiger charge is -2.07. The molecule has 0 spiro atoms. The van der Waals surface area contributed by atoms with Gasteiger partial charge in [0.1, 0.15) is 0 Å². The van der Waals surface area contributed by atoms with E-state index >= 15 is 0 Å². The van der Waals surface area contributed by atoms with Gasteiger partial charge in [-0.25, -0.2) is 21.9 Å². The maximum absolute atomic E-state index is 13.2. The van der Waals surface area contributed by atoms with Crippen molar-refractivity contribution in [1.82, 2.24) is 14.9 Å². The van der Waals surface area contributed by atoms with Crippen molar-refractivity contribution < 1.29 is 22.0 Å². The van der Waals surface area contributed by atoms with Crippen molar-refractivity contribution in [2.24, 2.45) is 0 Å². The number of amides is 1. The third-order valence-corrected chi connectivity index (χ3v) is 7.21. The third-order valence-electron chi connectivity index (χ3n) is 3.70. The Morgan fingerprint density at radius 3 is 2.57 bits per heavy atom. The fourth-order valence-corrected chi connectivity index (χ4v) is 5.01. The summed E-state index contributed by atoms with van der Waals surface area (Å²) >= 11 is 2.70. The van der Waals surface area contributed by atoms with Gasteiger partial charge in [0.15, 0.2) is 16.0 Å². The van der Waals surface area contributed by atoms with E-state index in [4.69, 9.17) is 0 Å². The summed E-state index contributed by atoms with van der Waals surface area (Å²) < 4.78 is 53.1. The molecule has 2 aromatic carbocycles. The molecule has 0 saturated heterocycles. The first-order chi connectivity index (χ1) is 14.3. The number of carbonyl (C=O) groups excluding carboxylic acids is 1. The van der Waals surface area contributed by atoms with Gasteiger partial charge >= 0.3 is 0 Å². The van der Waals surface area contributed by atoms with Crippen molar-refractivity contribution >= 4 is 44.2 Å². The number of hydrogen-bond donors (Lipinski definition) is 2. The molecule has 3 aromatic rings. The summed E-state index contributed by atoms with van der Waals surface area (Å²) in [7, 11) is -4.06. The van der Waals surface area contributed by atoms with E-state index in [1.165, 1.54) is 23.1 Å². The number of nitrogens with one attached hydrogen (secondary N) is 2. The molecular weight excluding hydrogens is 454 g/mol. The molecule has 0 fully saturated rings. The first-order valence-corrected chi connectivity index (χ1v) is 11.9. The van der Waals surface area contributed by atoms with Gasteiger partial charge in [-0.05, 0) is 23.8 Å². The normalized spacial score (nSPS) is 11.4. The Hall–Kier alpha value is -2.41. The minimum absolute atomic E-state index is 0.172. The molecule has 0 aliphatic heterocycles. The topological polar surface area (TPSA) is 101 Å². The van der Waals surface area contributed by atoms with Crippen LogP contribution < -0.4 is 10.0 Å². The van der Waals surface area contributed by atoms with Gasteiger partial charge < -0.3 is 5.32 Å². The van der Waals surface area contributed by atoms with Crippen LogP contribution in [0.25, 0.3) is 0 Å². The van der Waals surface area contributed by atoms with E-state index in [1.54, 1.807) is 0 Å². The lowest BCUT2D eigenvalue weighted by Crippen LogP contribution is -2.28. The zero-order valence-electron chi connectivity index (χ0n) is 15.3. The Kier molecular flexibility index (Phi) is 7.48. The number of anilines is 1. The largest absolute Gasteiger partial charge is 0.300 e. The summed E-state index contributed by atoms with van der Waals surface area (Å²) in [4.78, 5) is 11.6. The highest BCUT2D eigenvalue weighted by Crippen LogP contribution is 2.28. The number of carbonyl (C=O) groups is 1. The zero-order chi connectivity index (χ0) is 21.6. The molecule has 0 aliphatic rings. The van der Waals surface area contributed by atoms with Crippen LogP contribution in [0.3, 0.4) is 0 Å². The predicted molar refractivity (Wildman–Crippen MR) is 111 cm³/mol. The number of benzene rings is 2. The lowest BCUT2D eigenvalue weighted by atomic mass is 10.2. The number of aromatic nitrogens is 2. The van der Waals surface area contributed by atoms with Gasteiger partial charge in [-0.15, -0.1) is 10.2 Å². The SMILES string of the molecule is O=C(CCNS(=O)(=O)c1ccc(F)c(F)c1)Nc1nnc(SCc2ccccc2)s1. The fraction of sp³-hybridized carbons (Fsp3) is 0.167. The van der Waals surface area contributed by atoms with Gasteiger partial charge in [0.05, 0.1) is 4.90 Å². The number of rotatable bonds is 9. The van der Waals surface area contributed by atoms with Crippen molar-refractivity contribution in [2.45, 2.75) is 21.4 Å². The van der Waals surface area contributed by atoms with E-state index in [0.717, 1.165) is 23.4 Å². The molecule has 158 valence electrons. The second-order valence-electron chi connectivity index (χ2n) is 5.92. The fourth-order valence-electron chi connectivity index (χ4n) is 2.25. The Balaban J connectivity index is 1.45. The molecule has 1 heterocycles. The van der Waals surface area contributed by atoms with Crippen LogP contribution in [0.15, 0.2) is 57.8 Å². The first kappa shape index (κ1) is 22.3. The maximum atomic E-state index is 13.2. The van der Waals surface area contributed by atoms with Crippen LogP contribution in [0.5, 0.6) is 0 Å². The molecule has 0 radical (unpaired) electrons. The van der Waals surface area contributed by atoms with Crippen LogP contribution in [0.2, 0.25) is 0 Å². The maximum Gasteiger partial charge on any atom is 0.240 e. The monoisotopic (exact) mass is 470 g/mol. The van der Waals surface area contributed by atoms with Crippen LogP contribution in [-0.4, -0.2) is 31.1 Å². The molecule has 1 aromatic heterocycles. The summed E-state index contributed by atoms with van der Waals surface area (Å²) in [5.74, 6) is -2.16. The Labute approximate surface area is 180 Å². The van der Waals surface area contributed by atoms with Crippen molar-refractivity contribution in [1.29, 1.82) is 0 Å². The molecule has 2 N–H and O–H groups in total. The molecule has 0 saturated carbocycles. The van der Waals surface area contributed by atoms with Gasteiger partial charge in [0.25, 0.3) is 0 Å². The third kappa shape index (κ3) is 6.29. The van der Waals surface area contributed by atoms with Gasteiger partial charge in [-0.1, -0.05) is 53.4 Å². The second kappa shape index (κ2) is 10.1. The quantitative estimate of drug-likeness (QED) is 0.367. The number of nitrogens with zero attached hydrogens (tertiary/aromatic N) is 2. The second-order valence-corrected chi connectivity index (χ2v) is 9.89. The molecule has 12 heteroatoms. The summed E-state index contributed by atoms with van der Waals surface area (Å²) in [6, 6.07) is 12.1. The molecular formula is C18H16F2N4O3S3. The van der Waals surface area contributed by atoms with E-state index in [-0.39, 0.29) is 13.0 Å². The average molecular weight is 471 g/mol. The highest BCUT2D eigenvalue weighted by Gasteiger charge is 2.17. The van der Waals surface area contributed by atoms with Crippen molar-refractivity contribution in [3.63, 3.8) is 0 Å². The minimum atomic E-state index is -4.06. The molecule has 3 rings (SSSR count).